The van der Waals surface area contributed by atoms with Gasteiger partial charge in [0.15, 0.2) is 5.78 Å². The maximum Gasteiger partial charge on any atom is 0.170 e. The molecule has 0 amide bonds. The Bertz CT molecular complexity index is 647. The number of fused-ring (bicyclic) bond motifs is 3. The van der Waals surface area contributed by atoms with Crippen molar-refractivity contribution in [2.75, 3.05) is 5.73 Å². The second kappa shape index (κ2) is 5.28. The van der Waals surface area contributed by atoms with Crippen molar-refractivity contribution >= 4 is 33.0 Å². The highest BCUT2D eigenvalue weighted by Crippen LogP contribution is 2.58. The Morgan fingerprint density at radius 3 is 2.86 bits per heavy atom. The average molecular weight is 348 g/mol. The van der Waals surface area contributed by atoms with Crippen molar-refractivity contribution in [1.82, 2.24) is 0 Å². The molecule has 3 rings (SSSR count). The Morgan fingerprint density at radius 1 is 1.38 bits per heavy atom. The molecular formula is C18H22BrNO. The number of anilines is 1. The van der Waals surface area contributed by atoms with Crippen LogP contribution < -0.4 is 5.73 Å². The fraction of sp³-hybridized carbons (Fsp3) is 0.500. The molecule has 0 radical (unpaired) electrons. The molecule has 1 aromatic carbocycles. The normalized spacial score (nSPS) is 24.2. The summed E-state index contributed by atoms with van der Waals surface area (Å²) in [6, 6.07) is 4.09. The lowest BCUT2D eigenvalue weighted by atomic mass is 9.69. The van der Waals surface area contributed by atoms with Crippen LogP contribution in [-0.4, -0.2) is 5.78 Å². The summed E-state index contributed by atoms with van der Waals surface area (Å²) in [5.74, 6) is 0.249. The maximum absolute atomic E-state index is 12.2. The van der Waals surface area contributed by atoms with Crippen LogP contribution in [-0.2, 0) is 11.2 Å². The van der Waals surface area contributed by atoms with E-state index in [1.165, 1.54) is 35.1 Å². The van der Waals surface area contributed by atoms with Gasteiger partial charge in [-0.1, -0.05) is 25.8 Å². The van der Waals surface area contributed by atoms with Gasteiger partial charge in [0.05, 0.1) is 4.48 Å². The predicted molar refractivity (Wildman–Crippen MR) is 91.3 cm³/mol. The summed E-state index contributed by atoms with van der Waals surface area (Å²) in [6.07, 6.45) is 6.24. The van der Waals surface area contributed by atoms with Crippen molar-refractivity contribution in [3.05, 3.63) is 33.3 Å². The molecule has 0 saturated heterocycles. The van der Waals surface area contributed by atoms with Gasteiger partial charge in [0.1, 0.15) is 0 Å². The van der Waals surface area contributed by atoms with Crippen molar-refractivity contribution in [2.24, 2.45) is 5.41 Å². The van der Waals surface area contributed by atoms with Crippen LogP contribution in [0.25, 0.3) is 5.57 Å². The maximum atomic E-state index is 12.2. The van der Waals surface area contributed by atoms with Crippen LogP contribution in [0.2, 0.25) is 0 Å². The Morgan fingerprint density at radius 2 is 2.14 bits per heavy atom. The smallest absolute Gasteiger partial charge is 0.170 e. The first-order valence-corrected chi connectivity index (χ1v) is 8.61. The van der Waals surface area contributed by atoms with Crippen LogP contribution in [0.15, 0.2) is 16.6 Å². The lowest BCUT2D eigenvalue weighted by molar-refractivity contribution is -0.115. The topological polar surface area (TPSA) is 43.1 Å². The van der Waals surface area contributed by atoms with E-state index >= 15 is 0 Å². The Labute approximate surface area is 134 Å². The zero-order valence-electron chi connectivity index (χ0n) is 12.8. The minimum absolute atomic E-state index is 0.142. The summed E-state index contributed by atoms with van der Waals surface area (Å²) in [5, 5.41) is 0. The van der Waals surface area contributed by atoms with E-state index in [9.17, 15) is 4.79 Å². The molecule has 2 aliphatic rings. The van der Waals surface area contributed by atoms with Crippen LogP contribution in [0.4, 0.5) is 5.69 Å². The molecule has 0 saturated carbocycles. The number of unbranched alkanes of at least 4 members (excludes halogenated alkanes) is 1. The summed E-state index contributed by atoms with van der Waals surface area (Å²) < 4.78 is 0.813. The van der Waals surface area contributed by atoms with Crippen molar-refractivity contribution in [2.45, 2.75) is 52.4 Å². The minimum Gasteiger partial charge on any atom is -0.399 e. The zero-order chi connectivity index (χ0) is 15.2. The third-order valence-electron chi connectivity index (χ3n) is 5.26. The van der Waals surface area contributed by atoms with Crippen LogP contribution in [0.5, 0.6) is 0 Å². The molecule has 1 unspecified atom stereocenters. The van der Waals surface area contributed by atoms with Gasteiger partial charge in [0.2, 0.25) is 0 Å². The van der Waals surface area contributed by atoms with Crippen molar-refractivity contribution < 1.29 is 4.79 Å². The van der Waals surface area contributed by atoms with Gasteiger partial charge < -0.3 is 5.73 Å². The SMILES string of the molecule is CCCCC12CCC(=O)C(Br)=C1c1ccc(N)c(C)c1C2. The minimum atomic E-state index is 0.142. The second-order valence-corrected chi connectivity index (χ2v) is 7.27. The number of Topliss-reactive ketones (excluding diaryl/α,β-unsaturated/α-hetero) is 1. The van der Waals surface area contributed by atoms with E-state index in [4.69, 9.17) is 5.73 Å². The van der Waals surface area contributed by atoms with Crippen LogP contribution in [0.1, 0.15) is 55.7 Å². The highest BCUT2D eigenvalue weighted by Gasteiger charge is 2.46. The lowest BCUT2D eigenvalue weighted by Crippen LogP contribution is -2.27. The average Bonchev–Trinajstić information content (AvgIpc) is 2.81. The molecule has 0 aromatic heterocycles. The first kappa shape index (κ1) is 14.8. The molecule has 112 valence electrons. The third-order valence-corrected chi connectivity index (χ3v) is 6.10. The number of rotatable bonds is 3. The summed E-state index contributed by atoms with van der Waals surface area (Å²) in [5.41, 5.74) is 12.1. The molecule has 21 heavy (non-hydrogen) atoms. The Balaban J connectivity index is 2.19. The fourth-order valence-electron chi connectivity index (χ4n) is 3.97. The van der Waals surface area contributed by atoms with Crippen molar-refractivity contribution in [1.29, 1.82) is 0 Å². The number of carbonyl (C=O) groups is 1. The number of nitrogen functional groups attached to an aromatic ring is 1. The van der Waals surface area contributed by atoms with Gasteiger partial charge in [0, 0.05) is 17.5 Å². The molecule has 0 bridgehead atoms. The monoisotopic (exact) mass is 347 g/mol. The van der Waals surface area contributed by atoms with Gasteiger partial charge >= 0.3 is 0 Å². The van der Waals surface area contributed by atoms with E-state index in [0.29, 0.717) is 6.42 Å². The lowest BCUT2D eigenvalue weighted by Gasteiger charge is -2.35. The Hall–Kier alpha value is -1.09. The molecule has 2 nitrogen and oxygen atoms in total. The summed E-state index contributed by atoms with van der Waals surface area (Å²) in [7, 11) is 0. The molecular weight excluding hydrogens is 326 g/mol. The van der Waals surface area contributed by atoms with Gasteiger partial charge in [-0.2, -0.15) is 0 Å². The van der Waals surface area contributed by atoms with Gasteiger partial charge in [-0.25, -0.2) is 0 Å². The highest BCUT2D eigenvalue weighted by molar-refractivity contribution is 9.12. The van der Waals surface area contributed by atoms with Crippen LogP contribution >= 0.6 is 15.9 Å². The molecule has 3 heteroatoms. The third kappa shape index (κ3) is 2.17. The first-order chi connectivity index (χ1) is 10.00. The van der Waals surface area contributed by atoms with E-state index in [1.807, 2.05) is 6.07 Å². The second-order valence-electron chi connectivity index (χ2n) is 6.48. The number of benzene rings is 1. The quantitative estimate of drug-likeness (QED) is 0.799. The van der Waals surface area contributed by atoms with Gasteiger partial charge in [-0.15, -0.1) is 0 Å². The number of hydrogen-bond donors (Lipinski definition) is 1. The number of hydrogen-bond acceptors (Lipinski definition) is 2. The van der Waals surface area contributed by atoms with E-state index in [1.54, 1.807) is 0 Å². The number of nitrogens with two attached hydrogens (primary N) is 1. The van der Waals surface area contributed by atoms with Crippen molar-refractivity contribution in [3.63, 3.8) is 0 Å². The number of carbonyl (C=O) groups excluding carboxylic acids is 1. The predicted octanol–water partition coefficient (Wildman–Crippen LogP) is 4.78. The molecule has 0 heterocycles. The number of allylic oxidation sites excluding steroid dienone is 2. The molecule has 1 aromatic rings. The Kier molecular flexibility index (Phi) is 3.73. The molecule has 0 fully saturated rings. The number of halogens is 1. The zero-order valence-corrected chi connectivity index (χ0v) is 14.3. The van der Waals surface area contributed by atoms with Crippen molar-refractivity contribution in [3.8, 4) is 0 Å². The molecule has 1 atom stereocenters. The highest BCUT2D eigenvalue weighted by atomic mass is 79.9. The summed E-state index contributed by atoms with van der Waals surface area (Å²) in [4.78, 5) is 12.2. The van der Waals surface area contributed by atoms with E-state index < -0.39 is 0 Å². The van der Waals surface area contributed by atoms with Crippen LogP contribution in [0.3, 0.4) is 0 Å². The van der Waals surface area contributed by atoms with Gasteiger partial charge in [0.25, 0.3) is 0 Å². The van der Waals surface area contributed by atoms with E-state index in [2.05, 4.69) is 35.8 Å². The largest absolute Gasteiger partial charge is 0.399 e. The summed E-state index contributed by atoms with van der Waals surface area (Å²) >= 11 is 3.60. The van der Waals surface area contributed by atoms with Gasteiger partial charge in [-0.05, 0) is 70.4 Å². The molecule has 2 aliphatic carbocycles. The first-order valence-electron chi connectivity index (χ1n) is 7.82. The van der Waals surface area contributed by atoms with E-state index in [-0.39, 0.29) is 11.2 Å². The van der Waals surface area contributed by atoms with E-state index in [0.717, 1.165) is 29.4 Å². The number of ketones is 1. The summed E-state index contributed by atoms with van der Waals surface area (Å²) in [6.45, 7) is 4.34. The standard InChI is InChI=1S/C18H22BrNO/c1-3-4-8-18-9-7-15(21)17(19)16(18)12-5-6-14(20)11(2)13(12)10-18/h5-6H,3-4,7-10,20H2,1-2H3. The fourth-order valence-corrected chi connectivity index (χ4v) is 4.80. The van der Waals surface area contributed by atoms with Gasteiger partial charge in [-0.3, -0.25) is 4.79 Å². The molecule has 2 N–H and O–H groups in total. The molecule has 0 spiro atoms. The molecule has 0 aliphatic heterocycles. The van der Waals surface area contributed by atoms with Crippen LogP contribution in [0, 0.1) is 12.3 Å².